The van der Waals surface area contributed by atoms with Gasteiger partial charge in [-0.3, -0.25) is 14.9 Å². The summed E-state index contributed by atoms with van der Waals surface area (Å²) >= 11 is 1.63. The van der Waals surface area contributed by atoms with Crippen molar-refractivity contribution >= 4 is 39.7 Å². The molecule has 9 heteroatoms. The first-order chi connectivity index (χ1) is 13.9. The van der Waals surface area contributed by atoms with Crippen LogP contribution < -0.4 is 5.32 Å². The van der Waals surface area contributed by atoms with E-state index in [1.54, 1.807) is 41.3 Å². The maximum Gasteiger partial charge on any atom is 0.271 e. The molecule has 0 saturated heterocycles. The highest BCUT2D eigenvalue weighted by atomic mass is 32.1. The van der Waals surface area contributed by atoms with Crippen LogP contribution in [0.4, 0.5) is 11.4 Å². The smallest absolute Gasteiger partial charge is 0.271 e. The molecule has 0 aliphatic carbocycles. The van der Waals surface area contributed by atoms with Crippen LogP contribution in [0.15, 0.2) is 48.0 Å². The number of hydrogen-bond acceptors (Lipinski definition) is 6. The number of aryl methyl sites for hydroxylation is 2. The van der Waals surface area contributed by atoms with Gasteiger partial charge in [0.05, 0.1) is 34.3 Å². The summed E-state index contributed by atoms with van der Waals surface area (Å²) in [7, 11) is 0. The van der Waals surface area contributed by atoms with Crippen molar-refractivity contribution in [3.8, 4) is 0 Å². The van der Waals surface area contributed by atoms with E-state index in [0.717, 1.165) is 10.4 Å². The number of nitrogens with zero attached hydrogens (tertiary/aromatic N) is 4. The summed E-state index contributed by atoms with van der Waals surface area (Å²) in [6.45, 7) is 4.17. The van der Waals surface area contributed by atoms with Crippen molar-refractivity contribution in [1.29, 1.82) is 0 Å². The number of fused-ring (bicyclic) bond motifs is 1. The Morgan fingerprint density at radius 1 is 1.28 bits per heavy atom. The normalized spacial score (nSPS) is 11.0. The first-order valence-electron chi connectivity index (χ1n) is 8.84. The minimum atomic E-state index is -0.488. The van der Waals surface area contributed by atoms with E-state index < -0.39 is 4.92 Å². The molecule has 0 saturated carbocycles. The van der Waals surface area contributed by atoms with Gasteiger partial charge >= 0.3 is 0 Å². The molecule has 0 radical (unpaired) electrons. The zero-order valence-corrected chi connectivity index (χ0v) is 16.6. The summed E-state index contributed by atoms with van der Waals surface area (Å²) in [5, 5.41) is 20.9. The Morgan fingerprint density at radius 3 is 2.83 bits per heavy atom. The van der Waals surface area contributed by atoms with Crippen molar-refractivity contribution < 1.29 is 9.72 Å². The number of rotatable bonds is 5. The number of benzene rings is 1. The molecular weight excluding hydrogens is 390 g/mol. The molecule has 0 aliphatic heterocycles. The lowest BCUT2D eigenvalue weighted by Gasteiger charge is -2.10. The van der Waals surface area contributed by atoms with E-state index in [4.69, 9.17) is 0 Å². The average molecular weight is 407 g/mol. The van der Waals surface area contributed by atoms with Crippen LogP contribution in [-0.4, -0.2) is 25.6 Å². The van der Waals surface area contributed by atoms with Crippen molar-refractivity contribution in [1.82, 2.24) is 14.8 Å². The van der Waals surface area contributed by atoms with Gasteiger partial charge in [0.1, 0.15) is 0 Å². The van der Waals surface area contributed by atoms with Crippen LogP contribution >= 0.6 is 11.3 Å². The molecule has 0 spiro atoms. The van der Waals surface area contributed by atoms with E-state index in [9.17, 15) is 14.9 Å². The molecule has 1 N–H and O–H groups in total. The molecule has 0 aliphatic rings. The predicted molar refractivity (Wildman–Crippen MR) is 111 cm³/mol. The fourth-order valence-electron chi connectivity index (χ4n) is 3.07. The van der Waals surface area contributed by atoms with Crippen LogP contribution in [-0.2, 0) is 6.54 Å². The third kappa shape index (κ3) is 3.72. The Balaban J connectivity index is 1.70. The summed E-state index contributed by atoms with van der Waals surface area (Å²) in [6.07, 6.45) is 1.63. The van der Waals surface area contributed by atoms with Crippen molar-refractivity contribution in [3.63, 3.8) is 0 Å². The highest BCUT2D eigenvalue weighted by Gasteiger charge is 2.18. The van der Waals surface area contributed by atoms with E-state index in [2.05, 4.69) is 15.4 Å². The number of nitro benzene ring substituents is 1. The van der Waals surface area contributed by atoms with Gasteiger partial charge in [-0.05, 0) is 36.9 Å². The molecule has 4 aromatic rings. The lowest BCUT2D eigenvalue weighted by molar-refractivity contribution is -0.384. The summed E-state index contributed by atoms with van der Waals surface area (Å²) in [5.41, 5.74) is 2.80. The van der Waals surface area contributed by atoms with E-state index >= 15 is 0 Å². The Bertz CT molecular complexity index is 1230. The molecule has 1 aromatic carbocycles. The van der Waals surface area contributed by atoms with Crippen LogP contribution in [0.3, 0.4) is 0 Å². The highest BCUT2D eigenvalue weighted by molar-refractivity contribution is 7.09. The zero-order valence-electron chi connectivity index (χ0n) is 15.7. The summed E-state index contributed by atoms with van der Waals surface area (Å²) < 4.78 is 1.77. The van der Waals surface area contributed by atoms with E-state index in [1.165, 1.54) is 12.1 Å². The van der Waals surface area contributed by atoms with Gasteiger partial charge in [0.2, 0.25) is 0 Å². The molecule has 0 unspecified atom stereocenters. The van der Waals surface area contributed by atoms with Gasteiger partial charge in [-0.15, -0.1) is 11.3 Å². The highest BCUT2D eigenvalue weighted by Crippen LogP contribution is 2.25. The molecule has 4 rings (SSSR count). The number of carbonyl (C=O) groups excluding carboxylic acids is 1. The molecule has 3 heterocycles. The van der Waals surface area contributed by atoms with Gasteiger partial charge in [-0.2, -0.15) is 5.10 Å². The van der Waals surface area contributed by atoms with Crippen LogP contribution in [0.5, 0.6) is 0 Å². The van der Waals surface area contributed by atoms with Crippen LogP contribution in [0.2, 0.25) is 0 Å². The molecule has 0 fully saturated rings. The topological polar surface area (TPSA) is 103 Å². The van der Waals surface area contributed by atoms with Crippen LogP contribution in [0.1, 0.15) is 26.5 Å². The number of anilines is 1. The number of non-ortho nitro benzene ring substituents is 1. The van der Waals surface area contributed by atoms with Crippen molar-refractivity contribution in [2.75, 3.05) is 5.32 Å². The standard InChI is InChI=1S/C20H17N5O3S/c1-12-5-6-14(25(27)28)9-18(12)23-20(26)16-8-13(2)22-19-17(16)10-21-24(19)11-15-4-3-7-29-15/h3-10H,11H2,1-2H3,(H,23,26). The Kier molecular flexibility index (Phi) is 4.81. The third-order valence-electron chi connectivity index (χ3n) is 4.55. The van der Waals surface area contributed by atoms with Crippen molar-refractivity contribution in [2.24, 2.45) is 0 Å². The maximum atomic E-state index is 13.0. The number of nitro groups is 1. The lowest BCUT2D eigenvalue weighted by atomic mass is 10.1. The number of carbonyl (C=O) groups is 1. The zero-order chi connectivity index (χ0) is 20.5. The lowest BCUT2D eigenvalue weighted by Crippen LogP contribution is -2.14. The summed E-state index contributed by atoms with van der Waals surface area (Å²) in [6, 6.07) is 10.1. The van der Waals surface area contributed by atoms with E-state index in [1.807, 2.05) is 24.4 Å². The first-order valence-corrected chi connectivity index (χ1v) is 9.72. The molecule has 0 bridgehead atoms. The Hall–Kier alpha value is -3.59. The van der Waals surface area contributed by atoms with Gasteiger partial charge in [0, 0.05) is 22.7 Å². The van der Waals surface area contributed by atoms with E-state index in [0.29, 0.717) is 34.5 Å². The maximum absolute atomic E-state index is 13.0. The second-order valence-electron chi connectivity index (χ2n) is 6.64. The number of thiophene rings is 1. The minimum Gasteiger partial charge on any atom is -0.321 e. The molecular formula is C20H17N5O3S. The quantitative estimate of drug-likeness (QED) is 0.392. The molecule has 146 valence electrons. The SMILES string of the molecule is Cc1cc(C(=O)Nc2cc([N+](=O)[O-])ccc2C)c2cnn(Cc3cccs3)c2n1. The largest absolute Gasteiger partial charge is 0.321 e. The van der Waals surface area contributed by atoms with Gasteiger partial charge in [0.15, 0.2) is 5.65 Å². The first kappa shape index (κ1) is 18.8. The molecule has 1 amide bonds. The predicted octanol–water partition coefficient (Wildman–Crippen LogP) is 4.32. The van der Waals surface area contributed by atoms with Crippen molar-refractivity contribution in [3.05, 3.63) is 79.8 Å². The van der Waals surface area contributed by atoms with Crippen LogP contribution in [0.25, 0.3) is 11.0 Å². The van der Waals surface area contributed by atoms with E-state index in [-0.39, 0.29) is 11.6 Å². The fraction of sp³-hybridized carbons (Fsp3) is 0.150. The fourth-order valence-corrected chi connectivity index (χ4v) is 3.76. The number of aromatic nitrogens is 3. The second kappa shape index (κ2) is 7.44. The Morgan fingerprint density at radius 2 is 2.10 bits per heavy atom. The Labute approximate surface area is 170 Å². The summed E-state index contributed by atoms with van der Waals surface area (Å²) in [5.74, 6) is -0.361. The molecule has 29 heavy (non-hydrogen) atoms. The van der Waals surface area contributed by atoms with Gasteiger partial charge < -0.3 is 5.32 Å². The minimum absolute atomic E-state index is 0.0780. The van der Waals surface area contributed by atoms with Gasteiger partial charge in [-0.1, -0.05) is 12.1 Å². The van der Waals surface area contributed by atoms with Crippen LogP contribution in [0, 0.1) is 24.0 Å². The number of pyridine rings is 1. The van der Waals surface area contributed by atoms with Gasteiger partial charge in [0.25, 0.3) is 11.6 Å². The van der Waals surface area contributed by atoms with Crippen molar-refractivity contribution in [2.45, 2.75) is 20.4 Å². The summed E-state index contributed by atoms with van der Waals surface area (Å²) in [4.78, 5) is 29.2. The third-order valence-corrected chi connectivity index (χ3v) is 5.41. The van der Waals surface area contributed by atoms with Gasteiger partial charge in [-0.25, -0.2) is 9.67 Å². The average Bonchev–Trinajstić information content (AvgIpc) is 3.33. The second-order valence-corrected chi connectivity index (χ2v) is 7.67. The number of hydrogen-bond donors (Lipinski definition) is 1. The number of nitrogens with one attached hydrogen (secondary N) is 1. The monoisotopic (exact) mass is 407 g/mol. The molecule has 3 aromatic heterocycles. The molecule has 8 nitrogen and oxygen atoms in total. The number of amides is 1. The molecule has 0 atom stereocenters.